The van der Waals surface area contributed by atoms with Crippen LogP contribution < -0.4 is 0 Å². The third kappa shape index (κ3) is 2.72. The van der Waals surface area contributed by atoms with Crippen molar-refractivity contribution < 1.29 is 4.52 Å². The Morgan fingerprint density at radius 3 is 2.81 bits per heavy atom. The summed E-state index contributed by atoms with van der Waals surface area (Å²) in [5.41, 5.74) is 2.66. The summed E-state index contributed by atoms with van der Waals surface area (Å²) in [5, 5.41) is 8.45. The van der Waals surface area contributed by atoms with Crippen LogP contribution in [-0.4, -0.2) is 31.4 Å². The monoisotopic (exact) mass is 289 g/mol. The van der Waals surface area contributed by atoms with Gasteiger partial charge in [-0.2, -0.15) is 10.1 Å². The summed E-state index contributed by atoms with van der Waals surface area (Å²) in [6.07, 6.45) is 4.19. The van der Waals surface area contributed by atoms with Gasteiger partial charge in [0, 0.05) is 30.8 Å². The Kier molecular flexibility index (Phi) is 3.80. The van der Waals surface area contributed by atoms with E-state index >= 15 is 0 Å². The van der Waals surface area contributed by atoms with E-state index < -0.39 is 0 Å². The van der Waals surface area contributed by atoms with Gasteiger partial charge in [0.15, 0.2) is 5.82 Å². The van der Waals surface area contributed by atoms with E-state index in [1.165, 1.54) is 11.3 Å². The maximum absolute atomic E-state index is 5.45. The zero-order valence-electron chi connectivity index (χ0n) is 13.2. The van der Waals surface area contributed by atoms with E-state index in [0.29, 0.717) is 11.8 Å². The van der Waals surface area contributed by atoms with Crippen molar-refractivity contribution in [3.8, 4) is 0 Å². The molecule has 6 nitrogen and oxygen atoms in total. The molecule has 1 unspecified atom stereocenters. The normalized spacial score (nSPS) is 17.8. The van der Waals surface area contributed by atoms with E-state index in [1.807, 2.05) is 17.9 Å². The molecule has 0 bridgehead atoms. The molecule has 1 aliphatic heterocycles. The second kappa shape index (κ2) is 5.60. The average molecular weight is 289 g/mol. The fourth-order valence-corrected chi connectivity index (χ4v) is 2.85. The Morgan fingerprint density at radius 2 is 2.10 bits per heavy atom. The molecule has 0 spiro atoms. The molecule has 1 aliphatic rings. The van der Waals surface area contributed by atoms with Crippen molar-refractivity contribution in [2.24, 2.45) is 7.05 Å². The maximum atomic E-state index is 5.45. The van der Waals surface area contributed by atoms with Crippen molar-refractivity contribution in [1.82, 2.24) is 24.8 Å². The lowest BCUT2D eigenvalue weighted by molar-refractivity contribution is 0.167. The highest BCUT2D eigenvalue weighted by Gasteiger charge is 2.26. The maximum Gasteiger partial charge on any atom is 0.243 e. The highest BCUT2D eigenvalue weighted by atomic mass is 16.5. The van der Waals surface area contributed by atoms with Gasteiger partial charge < -0.3 is 4.52 Å². The first-order chi connectivity index (χ1) is 10.1. The van der Waals surface area contributed by atoms with Gasteiger partial charge in [-0.3, -0.25) is 9.58 Å². The summed E-state index contributed by atoms with van der Waals surface area (Å²) in [6.45, 7) is 8.22. The van der Waals surface area contributed by atoms with Crippen LogP contribution in [-0.2, 0) is 20.0 Å². The van der Waals surface area contributed by atoms with Crippen molar-refractivity contribution in [3.63, 3.8) is 0 Å². The summed E-state index contributed by atoms with van der Waals surface area (Å²) in [5.74, 6) is 1.79. The van der Waals surface area contributed by atoms with Crippen LogP contribution in [0.25, 0.3) is 0 Å². The molecule has 0 radical (unpaired) electrons. The van der Waals surface area contributed by atoms with Gasteiger partial charge in [0.05, 0.1) is 12.2 Å². The molecular formula is C15H23N5O. The fourth-order valence-electron chi connectivity index (χ4n) is 2.85. The third-order valence-electron chi connectivity index (χ3n) is 4.26. The number of hydrogen-bond acceptors (Lipinski definition) is 5. The molecule has 0 aromatic carbocycles. The molecule has 114 valence electrons. The number of nitrogens with zero attached hydrogens (tertiary/aromatic N) is 5. The number of aryl methyl sites for hydroxylation is 1. The first-order valence-corrected chi connectivity index (χ1v) is 7.63. The lowest BCUT2D eigenvalue weighted by Gasteiger charge is -2.24. The highest BCUT2D eigenvalue weighted by Crippen LogP contribution is 2.26. The summed E-state index contributed by atoms with van der Waals surface area (Å²) in [7, 11) is 2.02. The predicted molar refractivity (Wildman–Crippen MR) is 78.7 cm³/mol. The van der Waals surface area contributed by atoms with Crippen molar-refractivity contribution in [2.45, 2.75) is 52.1 Å². The van der Waals surface area contributed by atoms with E-state index in [-0.39, 0.29) is 6.04 Å². The molecule has 0 fully saturated rings. The Balaban J connectivity index is 1.79. The largest absolute Gasteiger partial charge is 0.338 e. The molecule has 2 aromatic heterocycles. The lowest BCUT2D eigenvalue weighted by Crippen LogP contribution is -2.27. The fraction of sp³-hybridized carbons (Fsp3) is 0.667. The predicted octanol–water partition coefficient (Wildman–Crippen LogP) is 2.44. The number of fused-ring (bicyclic) bond motifs is 1. The molecule has 0 aliphatic carbocycles. The second-order valence-electron chi connectivity index (χ2n) is 6.14. The second-order valence-corrected chi connectivity index (χ2v) is 6.14. The molecule has 6 heteroatoms. The van der Waals surface area contributed by atoms with Gasteiger partial charge >= 0.3 is 0 Å². The van der Waals surface area contributed by atoms with Crippen LogP contribution in [0.3, 0.4) is 0 Å². The zero-order chi connectivity index (χ0) is 15.0. The van der Waals surface area contributed by atoms with Crippen molar-refractivity contribution in [1.29, 1.82) is 0 Å². The zero-order valence-corrected chi connectivity index (χ0v) is 13.2. The summed E-state index contributed by atoms with van der Waals surface area (Å²) in [6, 6.07) is 0.135. The first kappa shape index (κ1) is 14.3. The minimum absolute atomic E-state index is 0.135. The summed E-state index contributed by atoms with van der Waals surface area (Å²) < 4.78 is 7.44. The molecule has 0 saturated carbocycles. The molecule has 0 amide bonds. The minimum atomic E-state index is 0.135. The summed E-state index contributed by atoms with van der Waals surface area (Å²) >= 11 is 0. The standard InChI is InChI=1S/C15H23N5O/c1-10(2)14-17-15(21-18-14)11(3)20-7-5-6-13-12(9-20)8-16-19(13)4/h8,10-11H,5-7,9H2,1-4H3. The molecule has 3 rings (SSSR count). The Labute approximate surface area is 125 Å². The Hall–Kier alpha value is -1.69. The third-order valence-corrected chi connectivity index (χ3v) is 4.26. The van der Waals surface area contributed by atoms with Crippen LogP contribution in [0.1, 0.15) is 62.1 Å². The molecule has 2 aromatic rings. The van der Waals surface area contributed by atoms with Gasteiger partial charge in [-0.1, -0.05) is 19.0 Å². The number of hydrogen-bond donors (Lipinski definition) is 0. The molecule has 0 saturated heterocycles. The van der Waals surface area contributed by atoms with E-state index in [0.717, 1.165) is 31.8 Å². The van der Waals surface area contributed by atoms with Crippen LogP contribution >= 0.6 is 0 Å². The first-order valence-electron chi connectivity index (χ1n) is 7.63. The van der Waals surface area contributed by atoms with Crippen LogP contribution in [0.2, 0.25) is 0 Å². The van der Waals surface area contributed by atoms with Gasteiger partial charge in [0.2, 0.25) is 5.89 Å². The SMILES string of the molecule is CC(C)c1noc(C(C)N2CCCc3c(cnn3C)C2)n1. The topological polar surface area (TPSA) is 60.0 Å². The van der Waals surface area contributed by atoms with Crippen LogP contribution in [0.4, 0.5) is 0 Å². The van der Waals surface area contributed by atoms with E-state index in [2.05, 4.69) is 40.9 Å². The number of rotatable bonds is 3. The number of aromatic nitrogens is 4. The van der Waals surface area contributed by atoms with Gasteiger partial charge in [-0.25, -0.2) is 0 Å². The molecule has 3 heterocycles. The molecule has 21 heavy (non-hydrogen) atoms. The van der Waals surface area contributed by atoms with Gasteiger partial charge in [0.1, 0.15) is 0 Å². The van der Waals surface area contributed by atoms with Gasteiger partial charge in [0.25, 0.3) is 0 Å². The van der Waals surface area contributed by atoms with E-state index in [1.54, 1.807) is 0 Å². The average Bonchev–Trinajstić information content (AvgIpc) is 3.00. The summed E-state index contributed by atoms with van der Waals surface area (Å²) in [4.78, 5) is 6.93. The van der Waals surface area contributed by atoms with Crippen molar-refractivity contribution in [2.75, 3.05) is 6.54 Å². The lowest BCUT2D eigenvalue weighted by atomic mass is 10.2. The van der Waals surface area contributed by atoms with E-state index in [4.69, 9.17) is 4.52 Å². The quantitative estimate of drug-likeness (QED) is 0.868. The Morgan fingerprint density at radius 1 is 1.29 bits per heavy atom. The highest BCUT2D eigenvalue weighted by molar-refractivity contribution is 5.19. The smallest absolute Gasteiger partial charge is 0.243 e. The van der Waals surface area contributed by atoms with Crippen molar-refractivity contribution >= 4 is 0 Å². The Bertz CT molecular complexity index is 615. The van der Waals surface area contributed by atoms with Crippen LogP contribution in [0.5, 0.6) is 0 Å². The molecular weight excluding hydrogens is 266 g/mol. The van der Waals surface area contributed by atoms with Crippen LogP contribution in [0.15, 0.2) is 10.7 Å². The minimum Gasteiger partial charge on any atom is -0.338 e. The van der Waals surface area contributed by atoms with Gasteiger partial charge in [-0.15, -0.1) is 0 Å². The van der Waals surface area contributed by atoms with E-state index in [9.17, 15) is 0 Å². The molecule has 0 N–H and O–H groups in total. The van der Waals surface area contributed by atoms with Crippen molar-refractivity contribution in [3.05, 3.63) is 29.2 Å². The van der Waals surface area contributed by atoms with Crippen LogP contribution in [0, 0.1) is 0 Å². The van der Waals surface area contributed by atoms with Gasteiger partial charge in [-0.05, 0) is 26.3 Å². The molecule has 1 atom stereocenters.